The van der Waals surface area contributed by atoms with Crippen LogP contribution in [0.1, 0.15) is 54.9 Å². The molecular weight excluding hydrogens is 596 g/mol. The van der Waals surface area contributed by atoms with Crippen molar-refractivity contribution in [2.75, 3.05) is 34.4 Å². The largest absolute Gasteiger partial charge is 0.394 e. The Morgan fingerprint density at radius 2 is 1.60 bits per heavy atom. The van der Waals surface area contributed by atoms with Gasteiger partial charge in [0.15, 0.2) is 5.60 Å². The number of anilines is 3. The van der Waals surface area contributed by atoms with E-state index in [-0.39, 0.29) is 48.6 Å². The minimum Gasteiger partial charge on any atom is -0.394 e. The summed E-state index contributed by atoms with van der Waals surface area (Å²) in [4.78, 5) is 59.7. The van der Waals surface area contributed by atoms with Crippen molar-refractivity contribution in [3.05, 3.63) is 89.0 Å². The van der Waals surface area contributed by atoms with E-state index in [1.165, 1.54) is 0 Å². The molecule has 4 amide bonds. The lowest BCUT2D eigenvalue weighted by Gasteiger charge is -2.36. The van der Waals surface area contributed by atoms with Crippen molar-refractivity contribution in [3.8, 4) is 0 Å². The lowest BCUT2D eigenvalue weighted by atomic mass is 9.82. The van der Waals surface area contributed by atoms with E-state index in [2.05, 4.69) is 0 Å². The molecule has 0 bridgehead atoms. The van der Waals surface area contributed by atoms with E-state index in [0.717, 1.165) is 39.3 Å². The first-order chi connectivity index (χ1) is 22.8. The van der Waals surface area contributed by atoms with Crippen LogP contribution in [0, 0.1) is 5.92 Å². The molecule has 0 unspecified atom stereocenters. The van der Waals surface area contributed by atoms with E-state index in [1.54, 1.807) is 19.6 Å². The van der Waals surface area contributed by atoms with Crippen LogP contribution < -0.4 is 14.7 Å². The number of nitrogens with zero attached hydrogens (tertiary/aromatic N) is 4. The lowest BCUT2D eigenvalue weighted by Crippen LogP contribution is -2.47. The molecule has 3 saturated heterocycles. The van der Waals surface area contributed by atoms with E-state index >= 15 is 0 Å². The van der Waals surface area contributed by atoms with Gasteiger partial charge in [-0.15, -0.1) is 0 Å². The number of aliphatic hydroxyl groups excluding tert-OH is 1. The third kappa shape index (κ3) is 4.76. The maximum Gasteiger partial charge on any atom is 0.264 e. The number of carbonyl (C=O) groups excluding carboxylic acids is 4. The Kier molecular flexibility index (Phi) is 7.18. The number of β-lactam (4-membered cyclic amide) rings is 2. The highest BCUT2D eigenvalue weighted by molar-refractivity contribution is 6.09. The van der Waals surface area contributed by atoms with Gasteiger partial charge < -0.3 is 29.4 Å². The summed E-state index contributed by atoms with van der Waals surface area (Å²) in [5.41, 5.74) is 4.90. The molecule has 5 aliphatic heterocycles. The number of carbonyl (C=O) groups is 4. The van der Waals surface area contributed by atoms with Crippen molar-refractivity contribution in [2.24, 2.45) is 5.92 Å². The van der Waals surface area contributed by atoms with Crippen LogP contribution in [0.2, 0.25) is 0 Å². The Labute approximate surface area is 273 Å². The summed E-state index contributed by atoms with van der Waals surface area (Å²) in [6.45, 7) is 3.97. The molecule has 5 aliphatic rings. The van der Waals surface area contributed by atoms with Crippen LogP contribution in [-0.4, -0.2) is 65.5 Å². The number of benzene rings is 3. The maximum absolute atomic E-state index is 14.6. The zero-order valence-electron chi connectivity index (χ0n) is 26.4. The van der Waals surface area contributed by atoms with E-state index < -0.39 is 11.7 Å². The predicted molar refractivity (Wildman–Crippen MR) is 175 cm³/mol. The first-order valence-corrected chi connectivity index (χ1v) is 16.6. The van der Waals surface area contributed by atoms with E-state index in [0.29, 0.717) is 51.9 Å². The summed E-state index contributed by atoms with van der Waals surface area (Å²) in [5.74, 6) is -0.349. The van der Waals surface area contributed by atoms with E-state index in [4.69, 9.17) is 4.74 Å². The van der Waals surface area contributed by atoms with Gasteiger partial charge in [0.25, 0.3) is 5.91 Å². The molecule has 0 radical (unpaired) electrons. The Bertz CT molecular complexity index is 1790. The molecule has 10 heteroatoms. The van der Waals surface area contributed by atoms with Gasteiger partial charge in [0.05, 0.1) is 37.4 Å². The third-order valence-corrected chi connectivity index (χ3v) is 10.8. The maximum atomic E-state index is 14.6. The van der Waals surface area contributed by atoms with Gasteiger partial charge in [0.1, 0.15) is 0 Å². The predicted octanol–water partition coefficient (Wildman–Crippen LogP) is 3.66. The SMILES string of the molecule is C[C@@H]1C[C@H](CC(=O)N2Cc3ccccc3C[C@H]2CO)O[C@@]12C(=O)N(Cc1ccc(N3CCC3=O)cc1)c1ccc(N3CCC3=O)cc12. The smallest absolute Gasteiger partial charge is 0.264 e. The van der Waals surface area contributed by atoms with Crippen LogP contribution >= 0.6 is 0 Å². The van der Waals surface area contributed by atoms with E-state index in [9.17, 15) is 24.3 Å². The van der Waals surface area contributed by atoms with Gasteiger partial charge in [0, 0.05) is 55.3 Å². The topological polar surface area (TPSA) is 111 Å². The second-order valence-corrected chi connectivity index (χ2v) is 13.5. The molecule has 1 spiro atoms. The number of rotatable bonds is 7. The molecule has 8 rings (SSSR count). The number of aliphatic hydroxyl groups is 1. The Balaban J connectivity index is 1.07. The number of hydrogen-bond acceptors (Lipinski definition) is 6. The zero-order chi connectivity index (χ0) is 32.4. The average Bonchev–Trinajstić information content (AvgIpc) is 3.52. The summed E-state index contributed by atoms with van der Waals surface area (Å²) >= 11 is 0. The van der Waals surface area contributed by atoms with Crippen molar-refractivity contribution in [3.63, 3.8) is 0 Å². The third-order valence-electron chi connectivity index (χ3n) is 10.8. The highest BCUT2D eigenvalue weighted by atomic mass is 16.5. The van der Waals surface area contributed by atoms with Crippen molar-refractivity contribution < 1.29 is 29.0 Å². The highest BCUT2D eigenvalue weighted by Gasteiger charge is 2.60. The number of ether oxygens (including phenoxy) is 1. The number of hydrogen-bond donors (Lipinski definition) is 1. The van der Waals surface area contributed by atoms with Crippen molar-refractivity contribution in [1.82, 2.24) is 4.90 Å². The molecule has 0 aromatic heterocycles. The summed E-state index contributed by atoms with van der Waals surface area (Å²) in [7, 11) is 0. The van der Waals surface area contributed by atoms with Crippen LogP contribution in [0.4, 0.5) is 17.1 Å². The van der Waals surface area contributed by atoms with Gasteiger partial charge in [0.2, 0.25) is 17.7 Å². The van der Waals surface area contributed by atoms with Crippen LogP contribution in [-0.2, 0) is 49.0 Å². The summed E-state index contributed by atoms with van der Waals surface area (Å²) in [5, 5.41) is 10.2. The summed E-state index contributed by atoms with van der Waals surface area (Å²) in [6, 6.07) is 21.1. The minimum atomic E-state index is -1.29. The summed E-state index contributed by atoms with van der Waals surface area (Å²) < 4.78 is 6.78. The monoisotopic (exact) mass is 634 g/mol. The molecule has 0 aliphatic carbocycles. The fourth-order valence-electron chi connectivity index (χ4n) is 8.00. The molecule has 242 valence electrons. The van der Waals surface area contributed by atoms with Crippen LogP contribution in [0.3, 0.4) is 0 Å². The number of amides is 4. The normalized spacial score (nSPS) is 26.4. The van der Waals surface area contributed by atoms with Gasteiger partial charge in [-0.3, -0.25) is 19.2 Å². The van der Waals surface area contributed by atoms with Crippen LogP contribution in [0.15, 0.2) is 66.7 Å². The second kappa shape index (κ2) is 11.3. The fraction of sp³-hybridized carbons (Fsp3) is 0.405. The van der Waals surface area contributed by atoms with Crippen LogP contribution in [0.25, 0.3) is 0 Å². The van der Waals surface area contributed by atoms with Gasteiger partial charge in [-0.05, 0) is 59.9 Å². The van der Waals surface area contributed by atoms with Crippen molar-refractivity contribution in [1.29, 1.82) is 0 Å². The standard InChI is InChI=1S/C37H38N4O6/c1-23-16-30(19-35(45)40-21-26-5-3-2-4-25(26)17-29(40)22-42)47-37(23)31-18-28(39-15-13-34(39)44)10-11-32(31)41(36(37)46)20-24-6-8-27(9-7-24)38-14-12-33(38)43/h2-11,18,23,29-30,42H,12-17,19-22H2,1H3/t23-,29+,30-,37+/m1/s1. The molecule has 3 aromatic carbocycles. The van der Waals surface area contributed by atoms with Gasteiger partial charge in [-0.25, -0.2) is 0 Å². The molecule has 5 heterocycles. The number of fused-ring (bicyclic) bond motifs is 3. The minimum absolute atomic E-state index is 0.0476. The second-order valence-electron chi connectivity index (χ2n) is 13.5. The molecular formula is C37H38N4O6. The zero-order valence-corrected chi connectivity index (χ0v) is 26.4. The molecule has 1 N–H and O–H groups in total. The molecule has 10 nitrogen and oxygen atoms in total. The van der Waals surface area contributed by atoms with Crippen molar-refractivity contribution in [2.45, 2.75) is 69.9 Å². The molecule has 4 atom stereocenters. The molecule has 0 saturated carbocycles. The van der Waals surface area contributed by atoms with Gasteiger partial charge in [-0.1, -0.05) is 43.3 Å². The first-order valence-electron chi connectivity index (χ1n) is 16.6. The van der Waals surface area contributed by atoms with Gasteiger partial charge >= 0.3 is 0 Å². The molecule has 3 fully saturated rings. The Morgan fingerprint density at radius 1 is 0.915 bits per heavy atom. The Hall–Kier alpha value is -4.54. The van der Waals surface area contributed by atoms with Gasteiger partial charge in [-0.2, -0.15) is 0 Å². The highest BCUT2D eigenvalue weighted by Crippen LogP contribution is 2.55. The molecule has 3 aromatic rings. The lowest BCUT2D eigenvalue weighted by molar-refractivity contribution is -0.151. The van der Waals surface area contributed by atoms with E-state index in [1.807, 2.05) is 73.7 Å². The van der Waals surface area contributed by atoms with Crippen LogP contribution in [0.5, 0.6) is 0 Å². The molecule has 47 heavy (non-hydrogen) atoms. The van der Waals surface area contributed by atoms with Crippen molar-refractivity contribution >= 4 is 40.7 Å². The summed E-state index contributed by atoms with van der Waals surface area (Å²) in [6.07, 6.45) is 1.79. The first kappa shape index (κ1) is 29.8. The average molecular weight is 635 g/mol. The Morgan fingerprint density at radius 3 is 2.26 bits per heavy atom. The fourth-order valence-corrected chi connectivity index (χ4v) is 8.00. The quantitative estimate of drug-likeness (QED) is 0.398.